The van der Waals surface area contributed by atoms with Gasteiger partial charge in [0.2, 0.25) is 0 Å². The fraction of sp³-hybridized carbons (Fsp3) is 0.722. The Morgan fingerprint density at radius 1 is 1.32 bits per heavy atom. The predicted octanol–water partition coefficient (Wildman–Crippen LogP) is -0.501. The molecule has 0 aromatic carbocycles. The van der Waals surface area contributed by atoms with Gasteiger partial charge in [0.1, 0.15) is 6.10 Å². The standard InChI is InChI=1S/C18H28BN3O6/c1-17(2)18(3,4)28-19(27-17)12-8-20-16(21-9-12)26-13-6-5-7-22(10-13)15(25)14(24)11-23/h8-9,13-14,23-24H,5-7,10-11H2,1-4H3/t13-,14?/m1/s1. The number of carbonyl (C=O) groups excluding carboxylic acids is 1. The van der Waals surface area contributed by atoms with Crippen LogP contribution in [0, 0.1) is 0 Å². The summed E-state index contributed by atoms with van der Waals surface area (Å²) >= 11 is 0. The second kappa shape index (κ2) is 7.94. The van der Waals surface area contributed by atoms with E-state index in [9.17, 15) is 9.90 Å². The molecule has 154 valence electrons. The van der Waals surface area contributed by atoms with E-state index in [1.807, 2.05) is 27.7 Å². The van der Waals surface area contributed by atoms with E-state index in [1.54, 1.807) is 12.4 Å². The molecular formula is C18H28BN3O6. The van der Waals surface area contributed by atoms with Crippen LogP contribution in [0.4, 0.5) is 0 Å². The van der Waals surface area contributed by atoms with Crippen LogP contribution in [-0.4, -0.2) is 81.2 Å². The summed E-state index contributed by atoms with van der Waals surface area (Å²) in [6.07, 6.45) is 3.06. The van der Waals surface area contributed by atoms with E-state index in [1.165, 1.54) is 4.90 Å². The molecule has 3 heterocycles. The number of hydrogen-bond donors (Lipinski definition) is 2. The molecular weight excluding hydrogens is 365 g/mol. The van der Waals surface area contributed by atoms with Gasteiger partial charge in [0.15, 0.2) is 6.10 Å². The first-order valence-electron chi connectivity index (χ1n) is 9.55. The first kappa shape index (κ1) is 21.0. The van der Waals surface area contributed by atoms with Crippen LogP contribution < -0.4 is 10.2 Å². The number of rotatable bonds is 5. The first-order valence-corrected chi connectivity index (χ1v) is 9.55. The van der Waals surface area contributed by atoms with Crippen LogP contribution in [0.1, 0.15) is 40.5 Å². The summed E-state index contributed by atoms with van der Waals surface area (Å²) in [7, 11) is -0.540. The van der Waals surface area contributed by atoms with Gasteiger partial charge in [-0.05, 0) is 40.5 Å². The normalized spacial score (nSPS) is 24.9. The van der Waals surface area contributed by atoms with Crippen LogP contribution in [0.2, 0.25) is 0 Å². The van der Waals surface area contributed by atoms with Gasteiger partial charge in [-0.15, -0.1) is 0 Å². The van der Waals surface area contributed by atoms with Gasteiger partial charge in [-0.1, -0.05) is 0 Å². The third kappa shape index (κ3) is 4.30. The monoisotopic (exact) mass is 393 g/mol. The lowest BCUT2D eigenvalue weighted by Crippen LogP contribution is -2.49. The highest BCUT2D eigenvalue weighted by atomic mass is 16.7. The fourth-order valence-corrected chi connectivity index (χ4v) is 3.16. The van der Waals surface area contributed by atoms with Crippen molar-refractivity contribution in [2.45, 2.75) is 63.9 Å². The number of aromatic nitrogens is 2. The number of nitrogens with zero attached hydrogens (tertiary/aromatic N) is 3. The highest BCUT2D eigenvalue weighted by molar-refractivity contribution is 6.61. The van der Waals surface area contributed by atoms with Crippen LogP contribution >= 0.6 is 0 Å². The highest BCUT2D eigenvalue weighted by Gasteiger charge is 2.52. The summed E-state index contributed by atoms with van der Waals surface area (Å²) in [5, 5.41) is 18.5. The van der Waals surface area contributed by atoms with Gasteiger partial charge in [0.05, 0.1) is 24.4 Å². The number of ether oxygens (including phenoxy) is 1. The van der Waals surface area contributed by atoms with Gasteiger partial charge >= 0.3 is 13.1 Å². The average molecular weight is 393 g/mol. The molecule has 0 radical (unpaired) electrons. The number of amides is 1. The lowest BCUT2D eigenvalue weighted by molar-refractivity contribution is -0.144. The summed E-state index contributed by atoms with van der Waals surface area (Å²) in [5.74, 6) is -0.493. The molecule has 1 amide bonds. The molecule has 1 aromatic heterocycles. The predicted molar refractivity (Wildman–Crippen MR) is 101 cm³/mol. The SMILES string of the molecule is CC1(C)OB(c2cnc(O[C@@H]3CCCN(C(=O)C(O)CO)C3)nc2)OC1(C)C. The number of piperidine rings is 1. The largest absolute Gasteiger partial charge is 0.498 e. The molecule has 2 fully saturated rings. The van der Waals surface area contributed by atoms with E-state index in [2.05, 4.69) is 9.97 Å². The molecule has 2 aliphatic rings. The van der Waals surface area contributed by atoms with Crippen molar-refractivity contribution in [1.29, 1.82) is 0 Å². The van der Waals surface area contributed by atoms with E-state index in [0.29, 0.717) is 18.6 Å². The lowest BCUT2D eigenvalue weighted by atomic mass is 9.81. The van der Waals surface area contributed by atoms with Gasteiger partial charge in [0.25, 0.3) is 5.91 Å². The van der Waals surface area contributed by atoms with Crippen molar-refractivity contribution in [3.8, 4) is 6.01 Å². The molecule has 0 bridgehead atoms. The second-order valence-electron chi connectivity index (χ2n) is 8.25. The van der Waals surface area contributed by atoms with Crippen LogP contribution in [0.15, 0.2) is 12.4 Å². The summed E-state index contributed by atoms with van der Waals surface area (Å²) in [4.78, 5) is 22.0. The second-order valence-corrected chi connectivity index (χ2v) is 8.25. The maximum atomic E-state index is 12.0. The Kier molecular flexibility index (Phi) is 5.95. The highest BCUT2D eigenvalue weighted by Crippen LogP contribution is 2.36. The van der Waals surface area contributed by atoms with E-state index < -0.39 is 36.9 Å². The van der Waals surface area contributed by atoms with Crippen molar-refractivity contribution in [2.75, 3.05) is 19.7 Å². The zero-order valence-corrected chi connectivity index (χ0v) is 16.8. The van der Waals surface area contributed by atoms with Gasteiger partial charge in [-0.2, -0.15) is 0 Å². The molecule has 0 saturated carbocycles. The van der Waals surface area contributed by atoms with Gasteiger partial charge < -0.3 is 29.2 Å². The van der Waals surface area contributed by atoms with E-state index >= 15 is 0 Å². The van der Waals surface area contributed by atoms with Gasteiger partial charge in [-0.3, -0.25) is 4.79 Å². The van der Waals surface area contributed by atoms with Crippen LogP contribution in [0.3, 0.4) is 0 Å². The van der Waals surface area contributed by atoms with E-state index in [0.717, 1.165) is 12.8 Å². The van der Waals surface area contributed by atoms with Crippen molar-refractivity contribution in [1.82, 2.24) is 14.9 Å². The number of hydrogen-bond acceptors (Lipinski definition) is 8. The van der Waals surface area contributed by atoms with E-state index in [-0.39, 0.29) is 12.1 Å². The molecule has 28 heavy (non-hydrogen) atoms. The van der Waals surface area contributed by atoms with E-state index in [4.69, 9.17) is 19.2 Å². The molecule has 2 N–H and O–H groups in total. The Morgan fingerprint density at radius 2 is 1.93 bits per heavy atom. The lowest BCUT2D eigenvalue weighted by Gasteiger charge is -2.33. The quantitative estimate of drug-likeness (QED) is 0.644. The van der Waals surface area contributed by atoms with Crippen LogP contribution in [0.25, 0.3) is 0 Å². The van der Waals surface area contributed by atoms with Crippen molar-refractivity contribution in [3.63, 3.8) is 0 Å². The summed E-state index contributed by atoms with van der Waals surface area (Å²) < 4.78 is 17.8. The van der Waals surface area contributed by atoms with Gasteiger partial charge in [0, 0.05) is 24.4 Å². The minimum Gasteiger partial charge on any atom is -0.458 e. The third-order valence-corrected chi connectivity index (χ3v) is 5.59. The Balaban J connectivity index is 1.60. The fourth-order valence-electron chi connectivity index (χ4n) is 3.16. The number of aliphatic hydroxyl groups excluding tert-OH is 2. The zero-order chi connectivity index (χ0) is 20.5. The molecule has 10 heteroatoms. The third-order valence-electron chi connectivity index (χ3n) is 5.59. The Hall–Kier alpha value is -1.75. The van der Waals surface area contributed by atoms with Crippen LogP contribution in [0.5, 0.6) is 6.01 Å². The molecule has 0 aliphatic carbocycles. The molecule has 3 rings (SSSR count). The molecule has 9 nitrogen and oxygen atoms in total. The minimum absolute atomic E-state index is 0.210. The summed E-state index contributed by atoms with van der Waals surface area (Å²) in [5.41, 5.74) is -0.175. The number of aliphatic hydroxyl groups is 2. The van der Waals surface area contributed by atoms with Crippen molar-refractivity contribution < 1.29 is 29.1 Å². The number of likely N-dealkylation sites (tertiary alicyclic amines) is 1. The minimum atomic E-state index is -1.39. The topological polar surface area (TPSA) is 114 Å². The molecule has 2 aliphatic heterocycles. The molecule has 0 spiro atoms. The van der Waals surface area contributed by atoms with Crippen LogP contribution in [-0.2, 0) is 14.1 Å². The Labute approximate surface area is 165 Å². The summed E-state index contributed by atoms with van der Waals surface area (Å²) in [6, 6.07) is 0.210. The van der Waals surface area contributed by atoms with Crippen molar-refractivity contribution >= 4 is 18.5 Å². The molecule has 2 atom stereocenters. The van der Waals surface area contributed by atoms with Crippen molar-refractivity contribution in [3.05, 3.63) is 12.4 Å². The first-order chi connectivity index (χ1) is 13.1. The average Bonchev–Trinajstić information content (AvgIpc) is 2.88. The summed E-state index contributed by atoms with van der Waals surface area (Å²) in [6.45, 7) is 8.18. The molecule has 1 unspecified atom stereocenters. The molecule has 2 saturated heterocycles. The van der Waals surface area contributed by atoms with Gasteiger partial charge in [-0.25, -0.2) is 9.97 Å². The maximum absolute atomic E-state index is 12.0. The number of carbonyl (C=O) groups is 1. The zero-order valence-electron chi connectivity index (χ0n) is 16.8. The Morgan fingerprint density at radius 3 is 2.50 bits per heavy atom. The smallest absolute Gasteiger partial charge is 0.458 e. The molecule has 1 aromatic rings. The Bertz CT molecular complexity index is 683. The van der Waals surface area contributed by atoms with Crippen molar-refractivity contribution in [2.24, 2.45) is 0 Å². The maximum Gasteiger partial charge on any atom is 0.498 e.